The van der Waals surface area contributed by atoms with Crippen molar-refractivity contribution in [2.45, 2.75) is 32.0 Å². The Morgan fingerprint density at radius 1 is 1.02 bits per heavy atom. The number of benzene rings is 2. The second kappa shape index (κ2) is 14.5. The Hall–Kier alpha value is -4.70. The number of nitrogens with zero attached hydrogens (tertiary/aromatic N) is 5. The molecule has 2 aliphatic rings. The summed E-state index contributed by atoms with van der Waals surface area (Å²) < 4.78 is 13.6. The molecule has 0 aliphatic carbocycles. The highest BCUT2D eigenvalue weighted by Crippen LogP contribution is 2.43. The molecule has 3 N–H and O–H groups in total. The molecule has 5 heterocycles. The molecule has 2 aliphatic heterocycles. The highest BCUT2D eigenvalue weighted by Gasteiger charge is 2.28. The fourth-order valence-corrected chi connectivity index (χ4v) is 7.70. The van der Waals surface area contributed by atoms with E-state index in [0.717, 1.165) is 18.5 Å². The number of carboxylic acid groups (broad SMARTS) is 1. The molecule has 2 atom stereocenters. The van der Waals surface area contributed by atoms with E-state index < -0.39 is 5.97 Å². The largest absolute Gasteiger partial charge is 0.481 e. The van der Waals surface area contributed by atoms with Crippen LogP contribution in [-0.2, 0) is 17.9 Å². The number of carboxylic acids is 1. The molecule has 2 aromatic carbocycles. The molecule has 11 nitrogen and oxygen atoms in total. The third kappa shape index (κ3) is 6.86. The molecule has 0 radical (unpaired) electrons. The van der Waals surface area contributed by atoms with Crippen LogP contribution in [0.1, 0.15) is 24.0 Å². The molecule has 2 saturated heterocycles. The lowest BCUT2D eigenvalue weighted by Crippen LogP contribution is -2.30. The van der Waals surface area contributed by atoms with Gasteiger partial charge in [0.2, 0.25) is 5.88 Å². The number of rotatable bonds is 10. The zero-order valence-electron chi connectivity index (χ0n) is 27.9. The number of likely N-dealkylation sites (tertiary alicyclic amines) is 2. The Balaban J connectivity index is 1.19. The number of aliphatic hydroxyl groups excluding tert-OH is 1. The monoisotopic (exact) mass is 726 g/mol. The first-order valence-corrected chi connectivity index (χ1v) is 17.5. The van der Waals surface area contributed by atoms with E-state index in [9.17, 15) is 20.3 Å². The van der Waals surface area contributed by atoms with Crippen molar-refractivity contribution in [3.8, 4) is 45.7 Å². The maximum atomic E-state index is 11.4. The molecule has 0 spiro atoms. The molecule has 7 rings (SSSR count). The van der Waals surface area contributed by atoms with E-state index >= 15 is 0 Å². The van der Waals surface area contributed by atoms with Crippen LogP contribution in [0.5, 0.6) is 5.88 Å². The third-order valence-corrected chi connectivity index (χ3v) is 10.6. The molecule has 262 valence electrons. The van der Waals surface area contributed by atoms with Gasteiger partial charge in [-0.2, -0.15) is 5.26 Å². The van der Waals surface area contributed by atoms with Crippen LogP contribution in [-0.4, -0.2) is 81.5 Å². The fourth-order valence-electron chi connectivity index (χ4n) is 7.06. The van der Waals surface area contributed by atoms with Gasteiger partial charge in [-0.1, -0.05) is 59.6 Å². The molecule has 0 amide bonds. The predicted molar refractivity (Wildman–Crippen MR) is 194 cm³/mol. The van der Waals surface area contributed by atoms with E-state index in [1.54, 1.807) is 23.9 Å². The molecule has 13 heteroatoms. The van der Waals surface area contributed by atoms with Crippen molar-refractivity contribution in [1.29, 1.82) is 10.7 Å². The van der Waals surface area contributed by atoms with Crippen LogP contribution >= 0.6 is 23.2 Å². The summed E-state index contributed by atoms with van der Waals surface area (Å²) in [6.45, 7) is 4.19. The second-order valence-electron chi connectivity index (χ2n) is 13.1. The second-order valence-corrected chi connectivity index (χ2v) is 13.8. The SMILES string of the molecule is COc1nc(-c2cccc(-c3cccc(-c4cc5c(=N)n(CCN6CC[C@@H](C(=O)O)C6)cc(C#N)c5o4)c3Cl)c2Cl)ccc1CN1CC[C@@H](O)C1. The van der Waals surface area contributed by atoms with Gasteiger partial charge in [-0.05, 0) is 37.6 Å². The van der Waals surface area contributed by atoms with E-state index in [1.807, 2.05) is 48.5 Å². The van der Waals surface area contributed by atoms with Gasteiger partial charge in [0.1, 0.15) is 22.9 Å². The molecule has 0 bridgehead atoms. The lowest BCUT2D eigenvalue weighted by atomic mass is 9.98. The minimum absolute atomic E-state index is 0.183. The number of methoxy groups -OCH3 is 1. The van der Waals surface area contributed by atoms with Gasteiger partial charge in [-0.3, -0.25) is 15.1 Å². The van der Waals surface area contributed by atoms with Crippen LogP contribution < -0.4 is 10.2 Å². The van der Waals surface area contributed by atoms with Crippen molar-refractivity contribution in [3.63, 3.8) is 0 Å². The van der Waals surface area contributed by atoms with Gasteiger partial charge in [0.05, 0.1) is 40.3 Å². The normalized spacial score (nSPS) is 18.0. The van der Waals surface area contributed by atoms with Crippen molar-refractivity contribution in [2.24, 2.45) is 5.92 Å². The zero-order chi connectivity index (χ0) is 35.8. The van der Waals surface area contributed by atoms with Crippen LogP contribution in [0.3, 0.4) is 0 Å². The number of hydrogen-bond acceptors (Lipinski definition) is 9. The number of ether oxygens (including phenoxy) is 1. The summed E-state index contributed by atoms with van der Waals surface area (Å²) in [7, 11) is 1.59. The van der Waals surface area contributed by atoms with E-state index in [1.165, 1.54) is 0 Å². The van der Waals surface area contributed by atoms with E-state index in [2.05, 4.69) is 15.9 Å². The predicted octanol–water partition coefficient (Wildman–Crippen LogP) is 6.27. The van der Waals surface area contributed by atoms with E-state index in [-0.39, 0.29) is 23.1 Å². The molecule has 0 saturated carbocycles. The number of halogens is 2. The summed E-state index contributed by atoms with van der Waals surface area (Å²) >= 11 is 14.2. The number of β-amino-alcohol motifs (C(OH)–C–C–N with tert-alkyl or cyclic N) is 1. The lowest BCUT2D eigenvalue weighted by molar-refractivity contribution is -0.141. The molecular formula is C38H36Cl2N6O5. The number of pyridine rings is 2. The maximum Gasteiger partial charge on any atom is 0.307 e. The average molecular weight is 728 g/mol. The molecule has 2 fully saturated rings. The summed E-state index contributed by atoms with van der Waals surface area (Å²) in [6.07, 6.45) is 2.65. The Labute approximate surface area is 304 Å². The van der Waals surface area contributed by atoms with E-state index in [0.29, 0.717) is 106 Å². The van der Waals surface area contributed by atoms with Gasteiger partial charge in [-0.15, -0.1) is 0 Å². The van der Waals surface area contributed by atoms with Gasteiger partial charge in [0, 0.05) is 73.3 Å². The number of carbonyl (C=O) groups is 1. The van der Waals surface area contributed by atoms with Gasteiger partial charge in [0.25, 0.3) is 0 Å². The van der Waals surface area contributed by atoms with Gasteiger partial charge >= 0.3 is 5.97 Å². The average Bonchev–Trinajstić information content (AvgIpc) is 3.89. The number of nitrogens with one attached hydrogen (secondary N) is 1. The summed E-state index contributed by atoms with van der Waals surface area (Å²) in [5, 5.41) is 39.6. The number of hydrogen-bond donors (Lipinski definition) is 3. The first kappa shape index (κ1) is 34.7. The molecule has 5 aromatic rings. The van der Waals surface area contributed by atoms with Gasteiger partial charge in [0.15, 0.2) is 5.58 Å². The number of aliphatic carboxylic acids is 1. The Morgan fingerprint density at radius 2 is 1.73 bits per heavy atom. The summed E-state index contributed by atoms with van der Waals surface area (Å²) in [5.74, 6) is -0.273. The van der Waals surface area contributed by atoms with Gasteiger partial charge in [-0.25, -0.2) is 4.98 Å². The van der Waals surface area contributed by atoms with Crippen molar-refractivity contribution in [3.05, 3.63) is 87.5 Å². The minimum atomic E-state index is -0.790. The van der Waals surface area contributed by atoms with Crippen LogP contribution in [0, 0.1) is 22.7 Å². The summed E-state index contributed by atoms with van der Waals surface area (Å²) in [6, 6.07) is 19.0. The third-order valence-electron chi connectivity index (χ3n) is 9.81. The smallest absolute Gasteiger partial charge is 0.307 e. The number of fused-ring (bicyclic) bond motifs is 1. The Morgan fingerprint density at radius 3 is 2.39 bits per heavy atom. The quantitative estimate of drug-likeness (QED) is 0.151. The first-order valence-electron chi connectivity index (χ1n) is 16.7. The van der Waals surface area contributed by atoms with Crippen LogP contribution in [0.4, 0.5) is 0 Å². The van der Waals surface area contributed by atoms with Crippen molar-refractivity contribution in [2.75, 3.05) is 39.8 Å². The van der Waals surface area contributed by atoms with E-state index in [4.69, 9.17) is 42.7 Å². The summed E-state index contributed by atoms with van der Waals surface area (Å²) in [5.41, 5.74) is 4.97. The highest BCUT2D eigenvalue weighted by atomic mass is 35.5. The Kier molecular flexibility index (Phi) is 9.88. The molecular weight excluding hydrogens is 691 g/mol. The minimum Gasteiger partial charge on any atom is -0.481 e. The zero-order valence-corrected chi connectivity index (χ0v) is 29.4. The number of aromatic nitrogens is 2. The molecule has 51 heavy (non-hydrogen) atoms. The topological polar surface area (TPSA) is 152 Å². The number of furan rings is 1. The van der Waals surface area contributed by atoms with Gasteiger partial charge < -0.3 is 28.8 Å². The van der Waals surface area contributed by atoms with Crippen LogP contribution in [0.15, 0.2) is 65.2 Å². The Bertz CT molecular complexity index is 2240. The van der Waals surface area contributed by atoms with Crippen molar-refractivity contribution in [1.82, 2.24) is 19.4 Å². The number of nitriles is 1. The standard InChI is InChI=1S/C38H36Cl2N6O5/c1-50-37-22(18-45-13-11-25(47)21-45)8-9-31(43-37)28-6-2-4-26(33(28)39)27-5-3-7-29(34(27)40)32-16-30-35(51-32)24(17-41)20-46(36(30)42)15-14-44-12-10-23(19-44)38(48)49/h2-9,16,20,23,25,42,47H,10-15,18-19,21H2,1H3,(H,48,49)/t23-,25-/m1/s1. The number of aliphatic hydroxyl groups is 1. The van der Waals surface area contributed by atoms with Crippen molar-refractivity contribution >= 4 is 40.1 Å². The molecule has 0 unspecified atom stereocenters. The maximum absolute atomic E-state index is 11.4. The lowest BCUT2D eigenvalue weighted by Gasteiger charge is -2.18. The van der Waals surface area contributed by atoms with Crippen LogP contribution in [0.2, 0.25) is 10.0 Å². The fraction of sp³-hybridized carbons (Fsp3) is 0.316. The van der Waals surface area contributed by atoms with Crippen molar-refractivity contribution < 1.29 is 24.2 Å². The highest BCUT2D eigenvalue weighted by molar-refractivity contribution is 6.39. The summed E-state index contributed by atoms with van der Waals surface area (Å²) in [4.78, 5) is 20.4. The first-order chi connectivity index (χ1) is 24.6. The van der Waals surface area contributed by atoms with Crippen LogP contribution in [0.25, 0.3) is 44.7 Å². The molecule has 3 aromatic heterocycles.